The number of nitrogens with zero attached hydrogens (tertiary/aromatic N) is 3. The highest BCUT2D eigenvalue weighted by atomic mass is 16.5. The Hall–Kier alpha value is -2.17. The summed E-state index contributed by atoms with van der Waals surface area (Å²) in [4.78, 5) is 15.3. The number of esters is 1. The second-order valence-electron chi connectivity index (χ2n) is 3.27. The van der Waals surface area contributed by atoms with Crippen molar-refractivity contribution >= 4 is 5.97 Å². The van der Waals surface area contributed by atoms with E-state index in [1.807, 2.05) is 12.1 Å². The first-order chi connectivity index (χ1) is 7.72. The molecule has 2 aromatic heterocycles. The van der Waals surface area contributed by atoms with Crippen molar-refractivity contribution in [2.75, 3.05) is 7.11 Å². The summed E-state index contributed by atoms with van der Waals surface area (Å²) in [6.45, 7) is 0. The molecule has 16 heavy (non-hydrogen) atoms. The first-order valence-corrected chi connectivity index (χ1v) is 4.75. The third-order valence-corrected chi connectivity index (χ3v) is 2.23. The van der Waals surface area contributed by atoms with Crippen LogP contribution in [0.4, 0.5) is 0 Å². The molecule has 0 atom stereocenters. The number of hydrogen-bond donors (Lipinski definition) is 0. The van der Waals surface area contributed by atoms with Gasteiger partial charge in [-0.15, -0.1) is 0 Å². The van der Waals surface area contributed by atoms with Gasteiger partial charge in [0.1, 0.15) is 0 Å². The predicted molar refractivity (Wildman–Crippen MR) is 57.8 cm³/mol. The number of hydrogen-bond acceptors (Lipinski definition) is 4. The van der Waals surface area contributed by atoms with Gasteiger partial charge in [-0.2, -0.15) is 5.10 Å². The van der Waals surface area contributed by atoms with Crippen LogP contribution in [0.5, 0.6) is 0 Å². The molecule has 5 nitrogen and oxygen atoms in total. The van der Waals surface area contributed by atoms with Crippen LogP contribution in [0.3, 0.4) is 0 Å². The molecular formula is C11H11N3O2. The van der Waals surface area contributed by atoms with Gasteiger partial charge in [0.15, 0.2) is 5.69 Å². The Bertz CT molecular complexity index is 505. The average molecular weight is 217 g/mol. The SMILES string of the molecule is COC(=O)c1cc(-c2cccnc2)n(C)n1. The first-order valence-electron chi connectivity index (χ1n) is 4.75. The largest absolute Gasteiger partial charge is 0.464 e. The molecule has 0 fully saturated rings. The molecular weight excluding hydrogens is 206 g/mol. The summed E-state index contributed by atoms with van der Waals surface area (Å²) >= 11 is 0. The number of carbonyl (C=O) groups excluding carboxylic acids is 1. The zero-order chi connectivity index (χ0) is 11.5. The lowest BCUT2D eigenvalue weighted by Gasteiger charge is -1.99. The van der Waals surface area contributed by atoms with E-state index in [0.29, 0.717) is 5.69 Å². The van der Waals surface area contributed by atoms with E-state index in [-0.39, 0.29) is 0 Å². The zero-order valence-electron chi connectivity index (χ0n) is 9.04. The van der Waals surface area contributed by atoms with Crippen LogP contribution < -0.4 is 0 Å². The van der Waals surface area contributed by atoms with Gasteiger partial charge in [-0.05, 0) is 18.2 Å². The minimum atomic E-state index is -0.439. The lowest BCUT2D eigenvalue weighted by atomic mass is 10.2. The maximum atomic E-state index is 11.3. The van der Waals surface area contributed by atoms with Crippen molar-refractivity contribution in [1.29, 1.82) is 0 Å². The van der Waals surface area contributed by atoms with Crippen LogP contribution in [0.25, 0.3) is 11.3 Å². The third-order valence-electron chi connectivity index (χ3n) is 2.23. The Kier molecular flexibility index (Phi) is 2.68. The Morgan fingerprint density at radius 2 is 2.31 bits per heavy atom. The fourth-order valence-corrected chi connectivity index (χ4v) is 1.46. The number of methoxy groups -OCH3 is 1. The summed E-state index contributed by atoms with van der Waals surface area (Å²) in [5.74, 6) is -0.439. The number of pyridine rings is 1. The van der Waals surface area contributed by atoms with Gasteiger partial charge >= 0.3 is 5.97 Å². The summed E-state index contributed by atoms with van der Waals surface area (Å²) < 4.78 is 6.24. The van der Waals surface area contributed by atoms with Gasteiger partial charge in [0.25, 0.3) is 0 Å². The molecule has 0 saturated carbocycles. The molecule has 0 spiro atoms. The molecule has 0 aliphatic heterocycles. The molecule has 2 aromatic rings. The number of aromatic nitrogens is 3. The number of carbonyl (C=O) groups is 1. The van der Waals surface area contributed by atoms with Crippen molar-refractivity contribution in [3.63, 3.8) is 0 Å². The van der Waals surface area contributed by atoms with Gasteiger partial charge in [-0.3, -0.25) is 9.67 Å². The molecule has 0 aliphatic carbocycles. The Morgan fingerprint density at radius 3 is 2.94 bits per heavy atom. The predicted octanol–water partition coefficient (Wildman–Crippen LogP) is 1.27. The molecule has 0 saturated heterocycles. The summed E-state index contributed by atoms with van der Waals surface area (Å²) in [6, 6.07) is 5.42. The maximum absolute atomic E-state index is 11.3. The smallest absolute Gasteiger partial charge is 0.358 e. The van der Waals surface area contributed by atoms with Crippen LogP contribution in [0.2, 0.25) is 0 Å². The Labute approximate surface area is 92.7 Å². The second kappa shape index (κ2) is 4.14. The lowest BCUT2D eigenvalue weighted by molar-refractivity contribution is 0.0593. The molecule has 0 amide bonds. The Balaban J connectivity index is 2.44. The lowest BCUT2D eigenvalue weighted by Crippen LogP contribution is -2.02. The van der Waals surface area contributed by atoms with Crippen molar-refractivity contribution in [2.24, 2.45) is 7.05 Å². The minimum Gasteiger partial charge on any atom is -0.464 e. The highest BCUT2D eigenvalue weighted by molar-refractivity contribution is 5.88. The third kappa shape index (κ3) is 1.79. The molecule has 82 valence electrons. The number of ether oxygens (including phenoxy) is 1. The van der Waals surface area contributed by atoms with E-state index in [1.165, 1.54) is 7.11 Å². The normalized spacial score (nSPS) is 10.1. The van der Waals surface area contributed by atoms with E-state index >= 15 is 0 Å². The topological polar surface area (TPSA) is 57.0 Å². The standard InChI is InChI=1S/C11H11N3O2/c1-14-10(8-4-3-5-12-7-8)6-9(13-14)11(15)16-2/h3-7H,1-2H3. The molecule has 0 aromatic carbocycles. The summed E-state index contributed by atoms with van der Waals surface area (Å²) in [5, 5.41) is 4.07. The van der Waals surface area contributed by atoms with E-state index in [4.69, 9.17) is 0 Å². The monoisotopic (exact) mass is 217 g/mol. The summed E-state index contributed by atoms with van der Waals surface area (Å²) in [7, 11) is 3.11. The molecule has 0 unspecified atom stereocenters. The minimum absolute atomic E-state index is 0.295. The van der Waals surface area contributed by atoms with Gasteiger partial charge in [0.05, 0.1) is 12.8 Å². The van der Waals surface area contributed by atoms with Crippen LogP contribution in [0.1, 0.15) is 10.5 Å². The average Bonchev–Trinajstić information content (AvgIpc) is 2.71. The van der Waals surface area contributed by atoms with Gasteiger partial charge in [-0.1, -0.05) is 0 Å². The van der Waals surface area contributed by atoms with Crippen molar-refractivity contribution in [3.8, 4) is 11.3 Å². The summed E-state index contributed by atoms with van der Waals surface area (Å²) in [5.41, 5.74) is 2.03. The van der Waals surface area contributed by atoms with Crippen LogP contribution >= 0.6 is 0 Å². The van der Waals surface area contributed by atoms with E-state index in [1.54, 1.807) is 30.2 Å². The fourth-order valence-electron chi connectivity index (χ4n) is 1.46. The van der Waals surface area contributed by atoms with E-state index in [0.717, 1.165) is 11.3 Å². The van der Waals surface area contributed by atoms with Crippen LogP contribution in [-0.2, 0) is 11.8 Å². The molecule has 5 heteroatoms. The van der Waals surface area contributed by atoms with Gasteiger partial charge < -0.3 is 4.74 Å². The second-order valence-corrected chi connectivity index (χ2v) is 3.27. The van der Waals surface area contributed by atoms with E-state index in [2.05, 4.69) is 14.8 Å². The van der Waals surface area contributed by atoms with Crippen LogP contribution in [-0.4, -0.2) is 27.8 Å². The molecule has 0 aliphatic rings. The van der Waals surface area contributed by atoms with Gasteiger partial charge in [0.2, 0.25) is 0 Å². The van der Waals surface area contributed by atoms with Crippen LogP contribution in [0.15, 0.2) is 30.6 Å². The van der Waals surface area contributed by atoms with E-state index in [9.17, 15) is 4.79 Å². The zero-order valence-corrected chi connectivity index (χ0v) is 9.04. The number of aryl methyl sites for hydroxylation is 1. The first kappa shape index (κ1) is 10.4. The molecule has 2 heterocycles. The summed E-state index contributed by atoms with van der Waals surface area (Å²) in [6.07, 6.45) is 3.42. The van der Waals surface area contributed by atoms with Gasteiger partial charge in [0, 0.05) is 25.0 Å². The fraction of sp³-hybridized carbons (Fsp3) is 0.182. The quantitative estimate of drug-likeness (QED) is 0.711. The van der Waals surface area contributed by atoms with Crippen LogP contribution in [0, 0.1) is 0 Å². The molecule has 0 N–H and O–H groups in total. The van der Waals surface area contributed by atoms with Gasteiger partial charge in [-0.25, -0.2) is 4.79 Å². The van der Waals surface area contributed by atoms with Crippen molar-refractivity contribution in [2.45, 2.75) is 0 Å². The highest BCUT2D eigenvalue weighted by Crippen LogP contribution is 2.18. The molecule has 0 radical (unpaired) electrons. The number of rotatable bonds is 2. The van der Waals surface area contributed by atoms with Crippen molar-refractivity contribution < 1.29 is 9.53 Å². The Morgan fingerprint density at radius 1 is 1.50 bits per heavy atom. The highest BCUT2D eigenvalue weighted by Gasteiger charge is 2.13. The van der Waals surface area contributed by atoms with E-state index < -0.39 is 5.97 Å². The van der Waals surface area contributed by atoms with Crippen molar-refractivity contribution in [3.05, 3.63) is 36.3 Å². The molecule has 2 rings (SSSR count). The van der Waals surface area contributed by atoms with Crippen molar-refractivity contribution in [1.82, 2.24) is 14.8 Å². The molecule has 0 bridgehead atoms. The maximum Gasteiger partial charge on any atom is 0.358 e.